The summed E-state index contributed by atoms with van der Waals surface area (Å²) >= 11 is 8.64. The molecule has 1 saturated heterocycles. The average Bonchev–Trinajstić information content (AvgIpc) is 3.45. The summed E-state index contributed by atoms with van der Waals surface area (Å²) in [5.41, 5.74) is 2.30. The van der Waals surface area contributed by atoms with Crippen molar-refractivity contribution in [3.05, 3.63) is 76.5 Å². The molecular formula is C31H33ClN6O6S2. The Labute approximate surface area is 279 Å². The van der Waals surface area contributed by atoms with Crippen molar-refractivity contribution in [3.8, 4) is 5.75 Å². The number of alkyl halides is 1. The lowest BCUT2D eigenvalue weighted by Crippen LogP contribution is -2.70. The number of hydrogen-bond acceptors (Lipinski definition) is 11. The first-order valence-corrected chi connectivity index (χ1v) is 17.0. The Kier molecular flexibility index (Phi) is 10.4. The first-order chi connectivity index (χ1) is 22.0. The van der Waals surface area contributed by atoms with Crippen molar-refractivity contribution in [1.29, 1.82) is 0 Å². The van der Waals surface area contributed by atoms with Crippen LogP contribution in [0.4, 0.5) is 0 Å². The van der Waals surface area contributed by atoms with E-state index in [9.17, 15) is 19.2 Å². The predicted molar refractivity (Wildman–Crippen MR) is 173 cm³/mol. The van der Waals surface area contributed by atoms with E-state index in [0.717, 1.165) is 11.1 Å². The molecule has 2 aromatic carbocycles. The number of tetrazole rings is 1. The maximum atomic E-state index is 13.7. The molecule has 0 aliphatic carbocycles. The van der Waals surface area contributed by atoms with Gasteiger partial charge in [0.2, 0.25) is 11.1 Å². The van der Waals surface area contributed by atoms with Gasteiger partial charge in [-0.25, -0.2) is 9.48 Å². The summed E-state index contributed by atoms with van der Waals surface area (Å²) in [6.07, 6.45) is 0.0985. The van der Waals surface area contributed by atoms with E-state index in [2.05, 4.69) is 20.8 Å². The van der Waals surface area contributed by atoms with Gasteiger partial charge in [-0.3, -0.25) is 19.3 Å². The molecule has 242 valence electrons. The fraction of sp³-hybridized carbons (Fsp3) is 0.387. The van der Waals surface area contributed by atoms with Crippen molar-refractivity contribution in [2.75, 3.05) is 11.5 Å². The number of thioether (sulfide) groups is 2. The molecule has 5 rings (SSSR count). The van der Waals surface area contributed by atoms with Gasteiger partial charge in [0, 0.05) is 30.0 Å². The van der Waals surface area contributed by atoms with Crippen molar-refractivity contribution in [2.45, 2.75) is 56.3 Å². The number of β-lactam (4-membered cyclic amide) rings is 1. The second-order valence-electron chi connectivity index (χ2n) is 11.7. The molecular weight excluding hydrogens is 652 g/mol. The highest BCUT2D eigenvalue weighted by molar-refractivity contribution is 8.01. The number of benzene rings is 2. The van der Waals surface area contributed by atoms with Crippen molar-refractivity contribution in [1.82, 2.24) is 30.4 Å². The second kappa shape index (κ2) is 14.3. The summed E-state index contributed by atoms with van der Waals surface area (Å²) in [4.78, 5) is 54.0. The number of carbonyl (C=O) groups excluding carboxylic acids is 4. The molecule has 1 aromatic heterocycles. The van der Waals surface area contributed by atoms with E-state index < -0.39 is 34.7 Å². The number of esters is 2. The molecule has 2 amide bonds. The molecule has 0 saturated carbocycles. The van der Waals surface area contributed by atoms with E-state index in [1.807, 2.05) is 24.3 Å². The second-order valence-corrected chi connectivity index (χ2v) is 14.0. The number of carbonyl (C=O) groups is 4. The van der Waals surface area contributed by atoms with Crippen molar-refractivity contribution in [2.24, 2.45) is 12.5 Å². The van der Waals surface area contributed by atoms with E-state index >= 15 is 0 Å². The van der Waals surface area contributed by atoms with Gasteiger partial charge < -0.3 is 14.8 Å². The summed E-state index contributed by atoms with van der Waals surface area (Å²) in [6, 6.07) is 13.4. The minimum Gasteiger partial charge on any atom is -0.456 e. The summed E-state index contributed by atoms with van der Waals surface area (Å²) < 4.78 is 12.8. The summed E-state index contributed by atoms with van der Waals surface area (Å²) in [5, 5.41) is 14.4. The lowest BCUT2D eigenvalue weighted by molar-refractivity contribution is -0.153. The first kappa shape index (κ1) is 33.5. The number of rotatable bonds is 11. The Morgan fingerprint density at radius 2 is 1.83 bits per heavy atom. The van der Waals surface area contributed by atoms with Crippen LogP contribution in [0.1, 0.15) is 37.5 Å². The van der Waals surface area contributed by atoms with Gasteiger partial charge in [0.25, 0.3) is 5.91 Å². The van der Waals surface area contributed by atoms with Gasteiger partial charge in [-0.1, -0.05) is 54.2 Å². The number of ether oxygens (including phenoxy) is 2. The van der Waals surface area contributed by atoms with E-state index in [4.69, 9.17) is 21.1 Å². The van der Waals surface area contributed by atoms with Gasteiger partial charge in [0.1, 0.15) is 29.5 Å². The monoisotopic (exact) mass is 684 g/mol. The van der Waals surface area contributed by atoms with Crippen LogP contribution in [-0.4, -0.2) is 71.8 Å². The lowest BCUT2D eigenvalue weighted by atomic mass is 9.97. The van der Waals surface area contributed by atoms with E-state index in [1.54, 1.807) is 52.1 Å². The number of fused-ring (bicyclic) bond motifs is 1. The molecule has 3 aromatic rings. The topological polar surface area (TPSA) is 146 Å². The average molecular weight is 685 g/mol. The lowest BCUT2D eigenvalue weighted by Gasteiger charge is -2.49. The van der Waals surface area contributed by atoms with Crippen LogP contribution >= 0.6 is 35.1 Å². The molecule has 15 heteroatoms. The van der Waals surface area contributed by atoms with Crippen LogP contribution in [0.25, 0.3) is 0 Å². The largest absolute Gasteiger partial charge is 0.456 e. The minimum atomic E-state index is -0.794. The van der Waals surface area contributed by atoms with Crippen LogP contribution in [0.5, 0.6) is 5.75 Å². The van der Waals surface area contributed by atoms with E-state index in [0.29, 0.717) is 33.7 Å². The number of nitrogens with one attached hydrogen (secondary N) is 1. The highest BCUT2D eigenvalue weighted by Crippen LogP contribution is 2.42. The molecule has 1 N–H and O–H groups in total. The fourth-order valence-electron chi connectivity index (χ4n) is 4.62. The van der Waals surface area contributed by atoms with Gasteiger partial charge in [-0.05, 0) is 54.0 Å². The maximum absolute atomic E-state index is 13.7. The minimum absolute atomic E-state index is 0.0985. The van der Waals surface area contributed by atoms with Crippen molar-refractivity contribution >= 4 is 58.9 Å². The highest BCUT2D eigenvalue weighted by Gasteiger charge is 2.54. The Morgan fingerprint density at radius 1 is 1.11 bits per heavy atom. The van der Waals surface area contributed by atoms with Crippen molar-refractivity contribution in [3.63, 3.8) is 0 Å². The number of aryl methyl sites for hydroxylation is 1. The molecule has 2 atom stereocenters. The van der Waals surface area contributed by atoms with Gasteiger partial charge >= 0.3 is 11.9 Å². The molecule has 46 heavy (non-hydrogen) atoms. The number of hydrogen-bond donors (Lipinski definition) is 1. The number of aromatic nitrogens is 4. The third-order valence-corrected chi connectivity index (χ3v) is 9.95. The number of amides is 2. The highest BCUT2D eigenvalue weighted by atomic mass is 35.5. The molecule has 2 aliphatic heterocycles. The predicted octanol–water partition coefficient (Wildman–Crippen LogP) is 3.63. The SMILES string of the molecule is Cn1nnnc1SCC1=C(C(=O)OCc2ccccc2OC(=O)C(C)(C)C)N2C(=O)C(NC(=O)Cc3ccc(CCl)cc3)C2SC1. The number of para-hydroxylation sites is 1. The Balaban J connectivity index is 1.32. The van der Waals surface area contributed by atoms with E-state index in [-0.39, 0.29) is 30.4 Å². The van der Waals surface area contributed by atoms with Gasteiger partial charge in [0.15, 0.2) is 0 Å². The van der Waals surface area contributed by atoms with Gasteiger partial charge in [0.05, 0.1) is 11.8 Å². The molecule has 1 fully saturated rings. The van der Waals surface area contributed by atoms with Crippen LogP contribution in [0, 0.1) is 5.41 Å². The molecule has 0 bridgehead atoms. The molecule has 3 heterocycles. The number of halogens is 1. The molecule has 2 aliphatic rings. The zero-order valence-corrected chi connectivity index (χ0v) is 28.1. The Hall–Kier alpha value is -3.88. The van der Waals surface area contributed by atoms with Crippen molar-refractivity contribution < 1.29 is 28.7 Å². The van der Waals surface area contributed by atoms with Crippen LogP contribution in [0.15, 0.2) is 65.0 Å². The number of nitrogens with zero attached hydrogens (tertiary/aromatic N) is 5. The Morgan fingerprint density at radius 3 is 2.50 bits per heavy atom. The normalized spacial score (nSPS) is 17.7. The molecule has 0 spiro atoms. The molecule has 12 nitrogen and oxygen atoms in total. The standard InChI is InChI=1S/C31H33ClN6O6S2/c1-31(2,3)29(42)44-22-8-6-5-7-20(22)15-43-28(41)25-21(17-46-30-34-35-36-37(30)4)16-45-27-24(26(40)38(25)27)33-23(39)13-18-9-11-19(14-32)12-10-18/h5-12,24,27H,13-17H2,1-4H3,(H,33,39). The summed E-state index contributed by atoms with van der Waals surface area (Å²) in [7, 11) is 1.71. The van der Waals surface area contributed by atoms with Gasteiger partial charge in [-0.2, -0.15) is 0 Å². The first-order valence-electron chi connectivity index (χ1n) is 14.4. The zero-order chi connectivity index (χ0) is 33.0. The smallest absolute Gasteiger partial charge is 0.355 e. The summed E-state index contributed by atoms with van der Waals surface area (Å²) in [5.74, 6) is -0.423. The fourth-order valence-corrected chi connectivity index (χ4v) is 7.13. The molecule has 0 radical (unpaired) electrons. The van der Waals surface area contributed by atoms with Crippen LogP contribution in [-0.2, 0) is 49.9 Å². The van der Waals surface area contributed by atoms with Crippen LogP contribution in [0.3, 0.4) is 0 Å². The third kappa shape index (κ3) is 7.56. The van der Waals surface area contributed by atoms with Crippen LogP contribution < -0.4 is 10.1 Å². The third-order valence-electron chi connectivity index (χ3n) is 7.20. The zero-order valence-electron chi connectivity index (χ0n) is 25.7. The van der Waals surface area contributed by atoms with Crippen LogP contribution in [0.2, 0.25) is 0 Å². The Bertz CT molecular complexity index is 1670. The van der Waals surface area contributed by atoms with Gasteiger partial charge in [-0.15, -0.1) is 28.5 Å². The summed E-state index contributed by atoms with van der Waals surface area (Å²) in [6.45, 7) is 5.05. The molecule has 2 unspecified atom stereocenters. The van der Waals surface area contributed by atoms with E-state index in [1.165, 1.54) is 33.1 Å². The quantitative estimate of drug-likeness (QED) is 0.104. The maximum Gasteiger partial charge on any atom is 0.355 e.